The number of sulfonamides is 1. The predicted octanol–water partition coefficient (Wildman–Crippen LogP) is 4.95. The van der Waals surface area contributed by atoms with E-state index in [4.69, 9.17) is 18.9 Å². The number of nitrogens with zero attached hydrogens (tertiary/aromatic N) is 4. The maximum absolute atomic E-state index is 13.2. The van der Waals surface area contributed by atoms with Crippen LogP contribution in [0.2, 0.25) is 0 Å². The fourth-order valence-corrected chi connectivity index (χ4v) is 7.21. The summed E-state index contributed by atoms with van der Waals surface area (Å²) in [6.07, 6.45) is 3.90. The van der Waals surface area contributed by atoms with Crippen molar-refractivity contribution in [3.05, 3.63) is 65.2 Å². The van der Waals surface area contributed by atoms with Crippen LogP contribution in [-0.2, 0) is 36.6 Å². The van der Waals surface area contributed by atoms with E-state index in [1.165, 1.54) is 43.8 Å². The fraction of sp³-hybridized carbons (Fsp3) is 0.457. The number of nitrogens with one attached hydrogen (secondary N) is 1. The molecule has 0 bridgehead atoms. The molecule has 4 aromatic rings. The number of aryl methyl sites for hydroxylation is 1. The first kappa shape index (κ1) is 38.6. The highest BCUT2D eigenvalue weighted by Crippen LogP contribution is 2.39. The molecule has 1 amide bonds. The molecule has 15 nitrogen and oxygen atoms in total. The Bertz CT molecular complexity index is 2200. The Hall–Kier alpha value is -4.61. The lowest BCUT2D eigenvalue weighted by molar-refractivity contribution is -0.0180. The number of aromatic nitrogens is 3. The van der Waals surface area contributed by atoms with E-state index in [1.54, 1.807) is 41.4 Å². The van der Waals surface area contributed by atoms with Crippen molar-refractivity contribution in [2.45, 2.75) is 59.2 Å². The number of pyridine rings is 2. The number of hydrogen-bond donors (Lipinski definition) is 1. The summed E-state index contributed by atoms with van der Waals surface area (Å²) in [4.78, 5) is 31.7. The smallest absolute Gasteiger partial charge is 0.410 e. The zero-order valence-corrected chi connectivity index (χ0v) is 31.8. The van der Waals surface area contributed by atoms with Crippen molar-refractivity contribution in [1.29, 1.82) is 0 Å². The number of anilines is 1. The van der Waals surface area contributed by atoms with Crippen LogP contribution in [0.3, 0.4) is 0 Å². The Morgan fingerprint density at radius 1 is 0.962 bits per heavy atom. The predicted molar refractivity (Wildman–Crippen MR) is 197 cm³/mol. The maximum Gasteiger partial charge on any atom is 0.410 e. The minimum atomic E-state index is -3.82. The molecule has 0 unspecified atom stereocenters. The van der Waals surface area contributed by atoms with Gasteiger partial charge in [0.2, 0.25) is 31.8 Å². The van der Waals surface area contributed by atoms with Gasteiger partial charge in [-0.25, -0.2) is 25.6 Å². The van der Waals surface area contributed by atoms with Crippen LogP contribution >= 0.6 is 0 Å². The average Bonchev–Trinajstić information content (AvgIpc) is 3.55. The van der Waals surface area contributed by atoms with Crippen LogP contribution in [0.1, 0.15) is 47.5 Å². The van der Waals surface area contributed by atoms with Gasteiger partial charge in [0.25, 0.3) is 5.56 Å². The molecular formula is C35H45N5O10S2. The van der Waals surface area contributed by atoms with Crippen molar-refractivity contribution in [2.75, 3.05) is 42.5 Å². The lowest BCUT2D eigenvalue weighted by Crippen LogP contribution is -2.43. The highest BCUT2D eigenvalue weighted by molar-refractivity contribution is 7.92. The number of hydrogen-bond acceptors (Lipinski definition) is 11. The van der Waals surface area contributed by atoms with E-state index in [0.29, 0.717) is 49.1 Å². The van der Waals surface area contributed by atoms with Gasteiger partial charge < -0.3 is 28.4 Å². The van der Waals surface area contributed by atoms with Crippen molar-refractivity contribution >= 4 is 42.7 Å². The number of benzene rings is 1. The second-order valence-electron chi connectivity index (χ2n) is 13.3. The summed E-state index contributed by atoms with van der Waals surface area (Å²) < 4.78 is 79.0. The third-order valence-electron chi connectivity index (χ3n) is 8.27. The van der Waals surface area contributed by atoms with Crippen LogP contribution in [-0.4, -0.2) is 90.9 Å². The maximum atomic E-state index is 13.2. The molecule has 1 aliphatic heterocycles. The summed E-state index contributed by atoms with van der Waals surface area (Å²) in [6.45, 7) is 10.1. The second kappa shape index (κ2) is 15.6. The summed E-state index contributed by atoms with van der Waals surface area (Å²) in [5.41, 5.74) is -0.0667. The number of carbonyl (C=O) groups excluding carboxylic acids is 1. The third kappa shape index (κ3) is 9.24. The van der Waals surface area contributed by atoms with E-state index in [0.717, 1.165) is 3.97 Å². The van der Waals surface area contributed by atoms with E-state index in [9.17, 15) is 26.4 Å². The van der Waals surface area contributed by atoms with Crippen molar-refractivity contribution in [3.8, 4) is 28.6 Å². The van der Waals surface area contributed by atoms with Crippen LogP contribution in [0.5, 0.6) is 17.5 Å². The standard InChI is InChI=1S/C35H45N5O10S2/c1-7-51(43,44)37-24-12-13-29(27(22-24)28-23-38(6)33(41)32-26(28)16-19-40(32)52(45,46)8-2)49-31-11-9-10-30(36-31)48-21-20-47-25-14-17-39(18-15-25)34(42)50-35(3,4)5/h9-13,16,19,22-23,25,37H,7-8,14-15,17-18,20-21H2,1-6H3. The molecule has 52 heavy (non-hydrogen) atoms. The average molecular weight is 760 g/mol. The Morgan fingerprint density at radius 2 is 1.67 bits per heavy atom. The van der Waals surface area contributed by atoms with Gasteiger partial charge in [-0.2, -0.15) is 4.98 Å². The normalized spacial score (nSPS) is 14.4. The molecule has 1 aliphatic rings. The van der Waals surface area contributed by atoms with Crippen molar-refractivity contribution in [2.24, 2.45) is 7.05 Å². The van der Waals surface area contributed by atoms with Gasteiger partial charge in [-0.3, -0.25) is 9.52 Å². The van der Waals surface area contributed by atoms with Gasteiger partial charge in [-0.05, 0) is 71.7 Å². The number of carbonyl (C=O) groups is 1. The monoisotopic (exact) mass is 759 g/mol. The van der Waals surface area contributed by atoms with Gasteiger partial charge in [-0.15, -0.1) is 0 Å². The molecule has 17 heteroatoms. The van der Waals surface area contributed by atoms with Crippen molar-refractivity contribution in [1.82, 2.24) is 18.4 Å². The zero-order valence-electron chi connectivity index (χ0n) is 30.1. The Balaban J connectivity index is 1.34. The number of piperidine rings is 1. The summed E-state index contributed by atoms with van der Waals surface area (Å²) >= 11 is 0. The van der Waals surface area contributed by atoms with Gasteiger partial charge >= 0.3 is 6.09 Å². The van der Waals surface area contributed by atoms with Crippen LogP contribution in [0.25, 0.3) is 22.0 Å². The lowest BCUT2D eigenvalue weighted by atomic mass is 10.0. The van der Waals surface area contributed by atoms with Gasteiger partial charge in [-0.1, -0.05) is 6.07 Å². The molecule has 0 aliphatic carbocycles. The van der Waals surface area contributed by atoms with Crippen molar-refractivity contribution < 1.29 is 40.6 Å². The van der Waals surface area contributed by atoms with Crippen molar-refractivity contribution in [3.63, 3.8) is 0 Å². The van der Waals surface area contributed by atoms with E-state index >= 15 is 0 Å². The molecule has 0 radical (unpaired) electrons. The largest absolute Gasteiger partial charge is 0.475 e. The summed E-state index contributed by atoms with van der Waals surface area (Å²) in [5, 5.41) is 0.334. The van der Waals surface area contributed by atoms with E-state index in [-0.39, 0.29) is 59.0 Å². The molecular weight excluding hydrogens is 715 g/mol. The van der Waals surface area contributed by atoms with Crippen LogP contribution in [0.15, 0.2) is 59.7 Å². The molecule has 0 spiro atoms. The minimum Gasteiger partial charge on any atom is -0.475 e. The molecule has 0 atom stereocenters. The minimum absolute atomic E-state index is 0.0176. The van der Waals surface area contributed by atoms with E-state index in [1.807, 2.05) is 20.8 Å². The van der Waals surface area contributed by atoms with E-state index < -0.39 is 31.2 Å². The topological polar surface area (TPSA) is 177 Å². The molecule has 1 saturated heterocycles. The van der Waals surface area contributed by atoms with Gasteiger partial charge in [0.15, 0.2) is 0 Å². The van der Waals surface area contributed by atoms with Gasteiger partial charge in [0.1, 0.15) is 23.5 Å². The number of likely N-dealkylation sites (tertiary alicyclic amines) is 1. The Kier molecular flexibility index (Phi) is 11.6. The lowest BCUT2D eigenvalue weighted by Gasteiger charge is -2.33. The van der Waals surface area contributed by atoms with Gasteiger partial charge in [0, 0.05) is 66.9 Å². The Morgan fingerprint density at radius 3 is 2.35 bits per heavy atom. The number of ether oxygens (including phenoxy) is 4. The summed E-state index contributed by atoms with van der Waals surface area (Å²) in [7, 11) is -5.96. The quantitative estimate of drug-likeness (QED) is 0.183. The number of rotatable bonds is 13. The molecule has 1 fully saturated rings. The first-order chi connectivity index (χ1) is 24.5. The first-order valence-electron chi connectivity index (χ1n) is 17.0. The highest BCUT2D eigenvalue weighted by atomic mass is 32.2. The molecule has 1 N–H and O–H groups in total. The SMILES string of the molecule is CCS(=O)(=O)Nc1ccc(Oc2cccc(OCCOC3CCN(C(=O)OC(C)(C)C)CC3)n2)c(-c2cn(C)c(=O)c3c2ccn3S(=O)(=O)CC)c1. The molecule has 5 rings (SSSR count). The third-order valence-corrected chi connectivity index (χ3v) is 11.2. The van der Waals surface area contributed by atoms with Crippen LogP contribution < -0.4 is 19.8 Å². The molecule has 282 valence electrons. The number of amides is 1. The van der Waals surface area contributed by atoms with Gasteiger partial charge in [0.05, 0.1) is 24.2 Å². The summed E-state index contributed by atoms with van der Waals surface area (Å²) in [6, 6.07) is 11.2. The highest BCUT2D eigenvalue weighted by Gasteiger charge is 2.27. The fourth-order valence-electron chi connectivity index (χ4n) is 5.60. The number of fused-ring (bicyclic) bond motifs is 1. The van der Waals surface area contributed by atoms with Crippen LogP contribution in [0.4, 0.5) is 10.5 Å². The second-order valence-corrected chi connectivity index (χ2v) is 17.4. The molecule has 3 aromatic heterocycles. The summed E-state index contributed by atoms with van der Waals surface area (Å²) in [5.74, 6) is 0.330. The molecule has 0 saturated carbocycles. The van der Waals surface area contributed by atoms with Crippen LogP contribution in [0, 0.1) is 0 Å². The molecule has 4 heterocycles. The Labute approximate surface area is 303 Å². The zero-order chi connectivity index (χ0) is 37.8. The molecule has 1 aromatic carbocycles. The first-order valence-corrected chi connectivity index (χ1v) is 20.2. The van der Waals surface area contributed by atoms with E-state index in [2.05, 4.69) is 9.71 Å².